The van der Waals surface area contributed by atoms with Crippen LogP contribution in [0.5, 0.6) is 0 Å². The van der Waals surface area contributed by atoms with Gasteiger partial charge in [-0.2, -0.15) is 0 Å². The number of halogens is 1. The molecule has 0 spiro atoms. The number of quaternary nitrogens is 2. The number of nitrogens with one attached hydrogen (secondary N) is 2. The minimum Gasteiger partial charge on any atom is -0.326 e. The zero-order chi connectivity index (χ0) is 17.9. The van der Waals surface area contributed by atoms with Gasteiger partial charge in [0.15, 0.2) is 6.04 Å². The second kappa shape index (κ2) is 8.03. The van der Waals surface area contributed by atoms with Gasteiger partial charge in [-0.05, 0) is 36.3 Å². The van der Waals surface area contributed by atoms with E-state index in [1.807, 2.05) is 12.1 Å². The lowest BCUT2D eigenvalue weighted by Gasteiger charge is -2.34. The van der Waals surface area contributed by atoms with Gasteiger partial charge < -0.3 is 9.80 Å². The molecule has 2 heterocycles. The fourth-order valence-electron chi connectivity index (χ4n) is 4.62. The van der Waals surface area contributed by atoms with Crippen LogP contribution in [0.4, 0.5) is 0 Å². The molecule has 140 valence electrons. The van der Waals surface area contributed by atoms with E-state index < -0.39 is 0 Å². The average molecular weight is 377 g/mol. The van der Waals surface area contributed by atoms with Crippen LogP contribution in [0.1, 0.15) is 56.1 Å². The van der Waals surface area contributed by atoms with Gasteiger partial charge >= 0.3 is 0 Å². The highest BCUT2D eigenvalue weighted by atomic mass is 35.5. The molecule has 0 amide bonds. The van der Waals surface area contributed by atoms with E-state index in [4.69, 9.17) is 11.6 Å². The molecule has 1 saturated carbocycles. The van der Waals surface area contributed by atoms with Gasteiger partial charge in [0.05, 0.1) is 17.6 Å². The monoisotopic (exact) mass is 376 g/mol. The molecular formula is C19H29ClN6+2. The maximum absolute atomic E-state index is 6.63. The van der Waals surface area contributed by atoms with E-state index >= 15 is 0 Å². The second-order valence-electron chi connectivity index (χ2n) is 7.64. The van der Waals surface area contributed by atoms with E-state index in [1.54, 1.807) is 4.90 Å². The third-order valence-electron chi connectivity index (χ3n) is 6.17. The molecule has 1 aliphatic heterocycles. The number of likely N-dealkylation sites (N-methyl/N-ethyl adjacent to an activating group) is 1. The van der Waals surface area contributed by atoms with Gasteiger partial charge in [-0.3, -0.25) is 0 Å². The SMILES string of the molecule is CC[NH+]1CC[NH+]([C@@H](c2ccccc2Cl)c2nnnn2C2CCCC2)CC1. The third kappa shape index (κ3) is 3.50. The number of benzene rings is 1. The minimum absolute atomic E-state index is 0.109. The summed E-state index contributed by atoms with van der Waals surface area (Å²) >= 11 is 6.63. The number of tetrazole rings is 1. The van der Waals surface area contributed by atoms with Crippen LogP contribution >= 0.6 is 11.6 Å². The topological polar surface area (TPSA) is 52.5 Å². The van der Waals surface area contributed by atoms with Crippen LogP contribution in [0.15, 0.2) is 24.3 Å². The third-order valence-corrected chi connectivity index (χ3v) is 6.52. The molecule has 1 aromatic heterocycles. The molecule has 1 saturated heterocycles. The van der Waals surface area contributed by atoms with Crippen molar-refractivity contribution in [2.75, 3.05) is 32.7 Å². The van der Waals surface area contributed by atoms with E-state index in [1.165, 1.54) is 50.2 Å². The molecular weight excluding hydrogens is 348 g/mol. The van der Waals surface area contributed by atoms with Crippen LogP contribution < -0.4 is 9.80 Å². The van der Waals surface area contributed by atoms with Crippen molar-refractivity contribution in [3.63, 3.8) is 0 Å². The first-order chi connectivity index (χ1) is 12.8. The zero-order valence-electron chi connectivity index (χ0n) is 15.5. The quantitative estimate of drug-likeness (QED) is 0.791. The summed E-state index contributed by atoms with van der Waals surface area (Å²) in [6.45, 7) is 8.10. The Kier molecular flexibility index (Phi) is 5.52. The van der Waals surface area contributed by atoms with Gasteiger partial charge in [0.1, 0.15) is 26.2 Å². The Morgan fingerprint density at radius 2 is 1.88 bits per heavy atom. The Morgan fingerprint density at radius 1 is 1.15 bits per heavy atom. The summed E-state index contributed by atoms with van der Waals surface area (Å²) in [5, 5.41) is 13.8. The number of hydrogen-bond acceptors (Lipinski definition) is 3. The molecule has 0 unspecified atom stereocenters. The summed E-state index contributed by atoms with van der Waals surface area (Å²) in [4.78, 5) is 3.21. The lowest BCUT2D eigenvalue weighted by molar-refractivity contribution is -1.02. The summed E-state index contributed by atoms with van der Waals surface area (Å²) in [5.74, 6) is 0.986. The van der Waals surface area contributed by atoms with Crippen molar-refractivity contribution in [2.24, 2.45) is 0 Å². The van der Waals surface area contributed by atoms with Crippen LogP contribution in [0.3, 0.4) is 0 Å². The molecule has 1 aromatic carbocycles. The average Bonchev–Trinajstić information content (AvgIpc) is 3.35. The number of hydrogen-bond donors (Lipinski definition) is 2. The van der Waals surface area contributed by atoms with Crippen molar-refractivity contribution >= 4 is 11.6 Å². The number of piperazine rings is 1. The van der Waals surface area contributed by atoms with E-state index in [-0.39, 0.29) is 6.04 Å². The van der Waals surface area contributed by atoms with Gasteiger partial charge in [0.25, 0.3) is 0 Å². The molecule has 1 atom stereocenters. The van der Waals surface area contributed by atoms with Crippen molar-refractivity contribution in [3.05, 3.63) is 40.7 Å². The molecule has 2 fully saturated rings. The van der Waals surface area contributed by atoms with E-state index in [2.05, 4.69) is 39.3 Å². The first-order valence-corrected chi connectivity index (χ1v) is 10.4. The summed E-state index contributed by atoms with van der Waals surface area (Å²) in [6.07, 6.45) is 4.89. The lowest BCUT2D eigenvalue weighted by atomic mass is 10.0. The Bertz CT molecular complexity index is 718. The van der Waals surface area contributed by atoms with E-state index in [9.17, 15) is 0 Å². The molecule has 1 aliphatic carbocycles. The number of rotatable bonds is 5. The maximum Gasteiger partial charge on any atom is 0.214 e. The van der Waals surface area contributed by atoms with Crippen molar-refractivity contribution in [1.29, 1.82) is 0 Å². The highest BCUT2D eigenvalue weighted by Gasteiger charge is 2.37. The normalized spacial score (nSPS) is 25.5. The Morgan fingerprint density at radius 3 is 2.58 bits per heavy atom. The Balaban J connectivity index is 1.70. The van der Waals surface area contributed by atoms with Crippen molar-refractivity contribution < 1.29 is 9.80 Å². The molecule has 6 nitrogen and oxygen atoms in total. The highest BCUT2D eigenvalue weighted by molar-refractivity contribution is 6.31. The molecule has 26 heavy (non-hydrogen) atoms. The molecule has 0 bridgehead atoms. The van der Waals surface area contributed by atoms with Gasteiger partial charge in [0, 0.05) is 5.56 Å². The van der Waals surface area contributed by atoms with Gasteiger partial charge in [-0.15, -0.1) is 5.10 Å². The molecule has 0 radical (unpaired) electrons. The summed E-state index contributed by atoms with van der Waals surface area (Å²) < 4.78 is 2.10. The Labute approximate surface area is 160 Å². The fourth-order valence-corrected chi connectivity index (χ4v) is 4.86. The molecule has 2 aliphatic rings. The van der Waals surface area contributed by atoms with E-state index in [0.29, 0.717) is 6.04 Å². The van der Waals surface area contributed by atoms with Crippen LogP contribution in [-0.2, 0) is 0 Å². The standard InChI is InChI=1S/C19H27ClN6/c1-2-24-11-13-25(14-12-24)18(16-9-5-6-10-17(16)20)19-21-22-23-26(19)15-7-3-4-8-15/h5-6,9-10,15,18H,2-4,7-8,11-14H2,1H3/p+2/t18-/m0/s1. The van der Waals surface area contributed by atoms with Crippen molar-refractivity contribution in [1.82, 2.24) is 20.2 Å². The van der Waals surface area contributed by atoms with Gasteiger partial charge in [0.2, 0.25) is 5.82 Å². The summed E-state index contributed by atoms with van der Waals surface area (Å²) in [6, 6.07) is 8.75. The zero-order valence-corrected chi connectivity index (χ0v) is 16.3. The maximum atomic E-state index is 6.63. The number of nitrogens with zero attached hydrogens (tertiary/aromatic N) is 4. The predicted molar refractivity (Wildman–Crippen MR) is 101 cm³/mol. The molecule has 2 aromatic rings. The van der Waals surface area contributed by atoms with Crippen molar-refractivity contribution in [3.8, 4) is 0 Å². The lowest BCUT2D eigenvalue weighted by Crippen LogP contribution is -3.28. The first-order valence-electron chi connectivity index (χ1n) is 9.98. The molecule has 2 N–H and O–H groups in total. The summed E-state index contributed by atoms with van der Waals surface area (Å²) in [5.41, 5.74) is 1.15. The largest absolute Gasteiger partial charge is 0.326 e. The highest BCUT2D eigenvalue weighted by Crippen LogP contribution is 2.32. The van der Waals surface area contributed by atoms with Crippen LogP contribution in [-0.4, -0.2) is 52.9 Å². The van der Waals surface area contributed by atoms with Crippen LogP contribution in [0, 0.1) is 0 Å². The summed E-state index contributed by atoms with van der Waals surface area (Å²) in [7, 11) is 0. The van der Waals surface area contributed by atoms with E-state index in [0.717, 1.165) is 29.5 Å². The fraction of sp³-hybridized carbons (Fsp3) is 0.632. The van der Waals surface area contributed by atoms with Crippen molar-refractivity contribution in [2.45, 2.75) is 44.7 Å². The van der Waals surface area contributed by atoms with Crippen LogP contribution in [0.25, 0.3) is 0 Å². The molecule has 7 heteroatoms. The minimum atomic E-state index is 0.109. The smallest absolute Gasteiger partial charge is 0.214 e. The second-order valence-corrected chi connectivity index (χ2v) is 8.04. The van der Waals surface area contributed by atoms with Gasteiger partial charge in [-0.1, -0.05) is 42.6 Å². The van der Waals surface area contributed by atoms with Crippen LogP contribution in [0.2, 0.25) is 5.02 Å². The first kappa shape index (κ1) is 17.9. The molecule has 4 rings (SSSR count). The predicted octanol–water partition coefficient (Wildman–Crippen LogP) is 0.334. The Hall–Kier alpha value is -1.50. The van der Waals surface area contributed by atoms with Gasteiger partial charge in [-0.25, -0.2) is 4.68 Å². The number of aromatic nitrogens is 4.